The zero-order valence-electron chi connectivity index (χ0n) is 13.5. The first-order valence-electron chi connectivity index (χ1n) is 7.54. The number of hydrogen-bond donors (Lipinski definition) is 2. The number of carbonyl (C=O) groups is 1. The van der Waals surface area contributed by atoms with Crippen LogP contribution in [0.4, 0.5) is 24.5 Å². The first kappa shape index (κ1) is 17.8. The van der Waals surface area contributed by atoms with E-state index in [1.165, 1.54) is 12.1 Å². The van der Waals surface area contributed by atoms with Gasteiger partial charge in [-0.25, -0.2) is 0 Å². The molecule has 128 valence electrons. The minimum Gasteiger partial charge on any atom is -0.385 e. The molecule has 0 radical (unpaired) electrons. The van der Waals surface area contributed by atoms with Crippen LogP contribution in [0.2, 0.25) is 0 Å². The number of alkyl halides is 3. The Bertz CT molecular complexity index is 726. The van der Waals surface area contributed by atoms with Crippen LogP contribution < -0.4 is 10.6 Å². The quantitative estimate of drug-likeness (QED) is 0.826. The SMILES string of the molecule is Cc1cccc(NC(=O)CCNc2cccc(C(F)(F)F)c2)c1C. The Labute approximate surface area is 138 Å². The third kappa shape index (κ3) is 4.75. The van der Waals surface area contributed by atoms with Gasteiger partial charge in [0, 0.05) is 24.3 Å². The highest BCUT2D eigenvalue weighted by Gasteiger charge is 2.30. The molecule has 24 heavy (non-hydrogen) atoms. The molecule has 1 amide bonds. The summed E-state index contributed by atoms with van der Waals surface area (Å²) in [5.41, 5.74) is 2.45. The molecule has 3 nitrogen and oxygen atoms in total. The molecule has 0 fully saturated rings. The van der Waals surface area contributed by atoms with Crippen molar-refractivity contribution >= 4 is 17.3 Å². The standard InChI is InChI=1S/C18H19F3N2O/c1-12-5-3-8-16(13(12)2)23-17(24)9-10-22-15-7-4-6-14(11-15)18(19,20)21/h3-8,11,22H,9-10H2,1-2H3,(H,23,24). The number of halogens is 3. The van der Waals surface area contributed by atoms with Crippen molar-refractivity contribution in [2.45, 2.75) is 26.4 Å². The van der Waals surface area contributed by atoms with Gasteiger partial charge in [0.1, 0.15) is 0 Å². The predicted octanol–water partition coefficient (Wildman–Crippen LogP) is 4.76. The Balaban J connectivity index is 1.88. The molecule has 0 aromatic heterocycles. The zero-order valence-corrected chi connectivity index (χ0v) is 13.5. The molecule has 0 unspecified atom stereocenters. The third-order valence-electron chi connectivity index (χ3n) is 3.75. The maximum Gasteiger partial charge on any atom is 0.416 e. The van der Waals surface area contributed by atoms with Gasteiger partial charge in [0.2, 0.25) is 5.91 Å². The second-order valence-electron chi connectivity index (χ2n) is 5.55. The Morgan fingerprint density at radius 2 is 1.79 bits per heavy atom. The van der Waals surface area contributed by atoms with Crippen molar-refractivity contribution in [3.05, 3.63) is 59.2 Å². The van der Waals surface area contributed by atoms with Gasteiger partial charge in [-0.2, -0.15) is 13.2 Å². The summed E-state index contributed by atoms with van der Waals surface area (Å²) in [5.74, 6) is -0.192. The van der Waals surface area contributed by atoms with Crippen LogP contribution in [-0.2, 0) is 11.0 Å². The monoisotopic (exact) mass is 336 g/mol. The summed E-state index contributed by atoms with van der Waals surface area (Å²) in [7, 11) is 0. The molecule has 0 heterocycles. The lowest BCUT2D eigenvalue weighted by molar-refractivity contribution is -0.137. The van der Waals surface area contributed by atoms with E-state index in [1.54, 1.807) is 0 Å². The first-order valence-corrected chi connectivity index (χ1v) is 7.54. The Morgan fingerprint density at radius 1 is 1.08 bits per heavy atom. The van der Waals surface area contributed by atoms with E-state index in [1.807, 2.05) is 32.0 Å². The molecule has 0 aliphatic rings. The van der Waals surface area contributed by atoms with Crippen molar-refractivity contribution in [1.29, 1.82) is 0 Å². The highest BCUT2D eigenvalue weighted by Crippen LogP contribution is 2.30. The predicted molar refractivity (Wildman–Crippen MR) is 89.1 cm³/mol. The smallest absolute Gasteiger partial charge is 0.385 e. The van der Waals surface area contributed by atoms with Crippen molar-refractivity contribution in [2.24, 2.45) is 0 Å². The van der Waals surface area contributed by atoms with Crippen molar-refractivity contribution in [3.8, 4) is 0 Å². The van der Waals surface area contributed by atoms with E-state index in [0.717, 1.165) is 28.9 Å². The summed E-state index contributed by atoms with van der Waals surface area (Å²) in [4.78, 5) is 12.0. The van der Waals surface area contributed by atoms with Crippen molar-refractivity contribution in [1.82, 2.24) is 0 Å². The van der Waals surface area contributed by atoms with E-state index in [2.05, 4.69) is 10.6 Å². The second-order valence-corrected chi connectivity index (χ2v) is 5.55. The van der Waals surface area contributed by atoms with Gasteiger partial charge in [0.25, 0.3) is 0 Å². The number of carbonyl (C=O) groups excluding carboxylic acids is 1. The summed E-state index contributed by atoms with van der Waals surface area (Å²) in [6.45, 7) is 4.13. The molecular weight excluding hydrogens is 317 g/mol. The number of nitrogens with one attached hydrogen (secondary N) is 2. The van der Waals surface area contributed by atoms with Gasteiger partial charge >= 0.3 is 6.18 Å². The summed E-state index contributed by atoms with van der Waals surface area (Å²) >= 11 is 0. The van der Waals surface area contributed by atoms with E-state index in [9.17, 15) is 18.0 Å². The van der Waals surface area contributed by atoms with Gasteiger partial charge in [0.05, 0.1) is 5.56 Å². The highest BCUT2D eigenvalue weighted by molar-refractivity contribution is 5.91. The Hall–Kier alpha value is -2.50. The number of amides is 1. The number of rotatable bonds is 5. The highest BCUT2D eigenvalue weighted by atomic mass is 19.4. The molecule has 0 saturated carbocycles. The first-order chi connectivity index (χ1) is 11.3. The zero-order chi connectivity index (χ0) is 17.7. The fourth-order valence-electron chi connectivity index (χ4n) is 2.23. The maximum absolute atomic E-state index is 12.6. The molecule has 2 aromatic rings. The van der Waals surface area contributed by atoms with E-state index >= 15 is 0 Å². The van der Waals surface area contributed by atoms with Crippen LogP contribution in [0.3, 0.4) is 0 Å². The van der Waals surface area contributed by atoms with Gasteiger partial charge in [-0.15, -0.1) is 0 Å². The van der Waals surface area contributed by atoms with Gasteiger partial charge in [-0.3, -0.25) is 4.79 Å². The molecule has 0 aliphatic heterocycles. The van der Waals surface area contributed by atoms with E-state index in [4.69, 9.17) is 0 Å². The van der Waals surface area contributed by atoms with Crippen molar-refractivity contribution < 1.29 is 18.0 Å². The third-order valence-corrected chi connectivity index (χ3v) is 3.75. The molecule has 6 heteroatoms. The Morgan fingerprint density at radius 3 is 2.50 bits per heavy atom. The van der Waals surface area contributed by atoms with Crippen LogP contribution in [0.15, 0.2) is 42.5 Å². The minimum atomic E-state index is -4.38. The summed E-state index contributed by atoms with van der Waals surface area (Å²) in [5, 5.41) is 5.65. The van der Waals surface area contributed by atoms with Gasteiger partial charge in [-0.05, 0) is 49.2 Å². The van der Waals surface area contributed by atoms with Crippen LogP contribution in [0.25, 0.3) is 0 Å². The second kappa shape index (κ2) is 7.38. The van der Waals surface area contributed by atoms with Crippen molar-refractivity contribution in [3.63, 3.8) is 0 Å². The molecule has 0 bridgehead atoms. The normalized spacial score (nSPS) is 11.2. The molecule has 0 aliphatic carbocycles. The van der Waals surface area contributed by atoms with Crippen LogP contribution in [0.1, 0.15) is 23.1 Å². The fourth-order valence-corrected chi connectivity index (χ4v) is 2.23. The number of aryl methyl sites for hydroxylation is 1. The Kier molecular flexibility index (Phi) is 5.49. The number of benzene rings is 2. The largest absolute Gasteiger partial charge is 0.416 e. The molecule has 0 spiro atoms. The van der Waals surface area contributed by atoms with Crippen LogP contribution >= 0.6 is 0 Å². The van der Waals surface area contributed by atoms with Crippen LogP contribution in [0.5, 0.6) is 0 Å². The average molecular weight is 336 g/mol. The van der Waals surface area contributed by atoms with Gasteiger partial charge in [0.15, 0.2) is 0 Å². The fraction of sp³-hybridized carbons (Fsp3) is 0.278. The topological polar surface area (TPSA) is 41.1 Å². The number of anilines is 2. The molecule has 0 saturated heterocycles. The van der Waals surface area contributed by atoms with Gasteiger partial charge < -0.3 is 10.6 Å². The molecular formula is C18H19F3N2O. The number of hydrogen-bond acceptors (Lipinski definition) is 2. The van der Waals surface area contributed by atoms with E-state index in [0.29, 0.717) is 5.69 Å². The van der Waals surface area contributed by atoms with Crippen LogP contribution in [-0.4, -0.2) is 12.5 Å². The van der Waals surface area contributed by atoms with E-state index < -0.39 is 11.7 Å². The summed E-state index contributed by atoms with van der Waals surface area (Å²) < 4.78 is 37.9. The lowest BCUT2D eigenvalue weighted by Gasteiger charge is -2.12. The average Bonchev–Trinajstić information content (AvgIpc) is 2.51. The molecule has 2 aromatic carbocycles. The van der Waals surface area contributed by atoms with Gasteiger partial charge in [-0.1, -0.05) is 18.2 Å². The lowest BCUT2D eigenvalue weighted by atomic mass is 10.1. The summed E-state index contributed by atoms with van der Waals surface area (Å²) in [6, 6.07) is 10.6. The minimum absolute atomic E-state index is 0.156. The molecule has 2 N–H and O–H groups in total. The summed E-state index contributed by atoms with van der Waals surface area (Å²) in [6.07, 6.45) is -4.22. The van der Waals surface area contributed by atoms with Crippen LogP contribution in [0, 0.1) is 13.8 Å². The molecule has 0 atom stereocenters. The maximum atomic E-state index is 12.6. The lowest BCUT2D eigenvalue weighted by Crippen LogP contribution is -2.17. The van der Waals surface area contributed by atoms with E-state index in [-0.39, 0.29) is 18.9 Å². The van der Waals surface area contributed by atoms with Crippen molar-refractivity contribution in [2.75, 3.05) is 17.2 Å². The molecule has 2 rings (SSSR count).